The fraction of sp³-hybridized carbons (Fsp3) is 0.0952. The molecule has 7 heteroatoms. The molecular weight excluding hydrogens is 376 g/mol. The van der Waals surface area contributed by atoms with E-state index in [-0.39, 0.29) is 18.1 Å². The molecule has 0 aliphatic carbocycles. The van der Waals surface area contributed by atoms with Gasteiger partial charge in [0.1, 0.15) is 5.69 Å². The Bertz CT molecular complexity index is 1120. The Morgan fingerprint density at radius 2 is 1.89 bits per heavy atom. The van der Waals surface area contributed by atoms with Gasteiger partial charge in [-0.3, -0.25) is 14.9 Å². The molecule has 0 fully saturated rings. The van der Waals surface area contributed by atoms with Crippen molar-refractivity contribution in [3.63, 3.8) is 0 Å². The van der Waals surface area contributed by atoms with Gasteiger partial charge in [-0.15, -0.1) is 0 Å². The van der Waals surface area contributed by atoms with E-state index in [1.54, 1.807) is 42.7 Å². The van der Waals surface area contributed by atoms with E-state index in [2.05, 4.69) is 20.5 Å². The number of carbonyl (C=O) groups excluding carboxylic acids is 1. The predicted molar refractivity (Wildman–Crippen MR) is 108 cm³/mol. The van der Waals surface area contributed by atoms with Crippen LogP contribution in [0.1, 0.15) is 22.2 Å². The number of aliphatic hydroxyl groups excluding tert-OH is 1. The van der Waals surface area contributed by atoms with Crippen LogP contribution in [0.25, 0.3) is 22.0 Å². The molecule has 0 saturated heterocycles. The van der Waals surface area contributed by atoms with Crippen molar-refractivity contribution in [1.29, 1.82) is 0 Å². The molecule has 3 N–H and O–H groups in total. The SMILES string of the molecule is O=C(NCC(O)c1ccc(Cl)cc1)c1cc(-c2ccc3[nH]ncc3c2)ccn1. The molecule has 0 aliphatic heterocycles. The van der Waals surface area contributed by atoms with Crippen molar-refractivity contribution in [3.05, 3.63) is 83.3 Å². The summed E-state index contributed by atoms with van der Waals surface area (Å²) in [6.07, 6.45) is 2.53. The molecule has 2 aromatic carbocycles. The molecule has 0 saturated carbocycles. The smallest absolute Gasteiger partial charge is 0.269 e. The van der Waals surface area contributed by atoms with Crippen molar-refractivity contribution in [2.45, 2.75) is 6.10 Å². The number of fused-ring (bicyclic) bond motifs is 1. The summed E-state index contributed by atoms with van der Waals surface area (Å²) in [5, 5.41) is 21.5. The number of aromatic amines is 1. The second-order valence-corrected chi connectivity index (χ2v) is 6.82. The molecule has 0 radical (unpaired) electrons. The predicted octanol–water partition coefficient (Wildman–Crippen LogP) is 3.74. The summed E-state index contributed by atoms with van der Waals surface area (Å²) < 4.78 is 0. The minimum absolute atomic E-state index is 0.0767. The van der Waals surface area contributed by atoms with Gasteiger partial charge in [0.2, 0.25) is 0 Å². The number of nitrogens with one attached hydrogen (secondary N) is 2. The first-order chi connectivity index (χ1) is 13.6. The third-order valence-corrected chi connectivity index (χ3v) is 4.73. The normalized spacial score (nSPS) is 12.1. The van der Waals surface area contributed by atoms with Crippen LogP contribution in [0.5, 0.6) is 0 Å². The number of aliphatic hydroxyl groups is 1. The maximum Gasteiger partial charge on any atom is 0.269 e. The standard InChI is InChI=1S/C21H17ClN4O2/c22-17-4-1-13(2-5-17)20(27)12-24-21(28)19-10-15(7-8-23-19)14-3-6-18-16(9-14)11-25-26-18/h1-11,20,27H,12H2,(H,24,28)(H,25,26). The molecule has 0 aliphatic rings. The highest BCUT2D eigenvalue weighted by molar-refractivity contribution is 6.30. The van der Waals surface area contributed by atoms with Gasteiger partial charge >= 0.3 is 0 Å². The lowest BCUT2D eigenvalue weighted by Gasteiger charge is -2.12. The molecule has 1 unspecified atom stereocenters. The van der Waals surface area contributed by atoms with Gasteiger partial charge < -0.3 is 10.4 Å². The van der Waals surface area contributed by atoms with Crippen LogP contribution in [0, 0.1) is 0 Å². The summed E-state index contributed by atoms with van der Waals surface area (Å²) in [6, 6.07) is 16.3. The summed E-state index contributed by atoms with van der Waals surface area (Å²) >= 11 is 5.85. The Balaban J connectivity index is 1.47. The second-order valence-electron chi connectivity index (χ2n) is 6.38. The Hall–Kier alpha value is -3.22. The number of rotatable bonds is 5. The highest BCUT2D eigenvalue weighted by atomic mass is 35.5. The minimum atomic E-state index is -0.826. The van der Waals surface area contributed by atoms with E-state index in [9.17, 15) is 9.90 Å². The zero-order valence-corrected chi connectivity index (χ0v) is 15.5. The van der Waals surface area contributed by atoms with Crippen molar-refractivity contribution in [3.8, 4) is 11.1 Å². The second kappa shape index (κ2) is 7.80. The lowest BCUT2D eigenvalue weighted by atomic mass is 10.0. The van der Waals surface area contributed by atoms with E-state index in [0.29, 0.717) is 10.6 Å². The number of pyridine rings is 1. The average Bonchev–Trinajstić information content (AvgIpc) is 3.20. The Morgan fingerprint density at radius 1 is 1.11 bits per heavy atom. The Kier molecular flexibility index (Phi) is 5.06. The fourth-order valence-corrected chi connectivity index (χ4v) is 3.07. The highest BCUT2D eigenvalue weighted by Gasteiger charge is 2.13. The van der Waals surface area contributed by atoms with E-state index in [0.717, 1.165) is 22.0 Å². The average molecular weight is 393 g/mol. The summed E-state index contributed by atoms with van der Waals surface area (Å²) in [6.45, 7) is 0.0767. The van der Waals surface area contributed by atoms with Crippen molar-refractivity contribution >= 4 is 28.4 Å². The minimum Gasteiger partial charge on any atom is -0.387 e. The number of nitrogens with zero attached hydrogens (tertiary/aromatic N) is 2. The number of carbonyl (C=O) groups is 1. The van der Waals surface area contributed by atoms with Gasteiger partial charge in [0.25, 0.3) is 5.91 Å². The van der Waals surface area contributed by atoms with Crippen LogP contribution >= 0.6 is 11.6 Å². The topological polar surface area (TPSA) is 90.9 Å². The largest absolute Gasteiger partial charge is 0.387 e. The first-order valence-electron chi connectivity index (χ1n) is 8.71. The van der Waals surface area contributed by atoms with E-state index in [1.807, 2.05) is 24.3 Å². The van der Waals surface area contributed by atoms with Crippen LogP contribution in [0.3, 0.4) is 0 Å². The summed E-state index contributed by atoms with van der Waals surface area (Å²) in [7, 11) is 0. The molecule has 4 rings (SSSR count). The van der Waals surface area contributed by atoms with Crippen LogP contribution in [0.4, 0.5) is 0 Å². The molecule has 2 heterocycles. The molecule has 140 valence electrons. The first-order valence-corrected chi connectivity index (χ1v) is 9.09. The molecule has 0 bridgehead atoms. The lowest BCUT2D eigenvalue weighted by Crippen LogP contribution is -2.29. The summed E-state index contributed by atoms with van der Waals surface area (Å²) in [5.74, 6) is -0.348. The number of amides is 1. The number of aromatic nitrogens is 3. The quantitative estimate of drug-likeness (QED) is 0.482. The fourth-order valence-electron chi connectivity index (χ4n) is 2.94. The molecule has 0 spiro atoms. The van der Waals surface area contributed by atoms with Crippen molar-refractivity contribution < 1.29 is 9.90 Å². The number of halogens is 1. The first kappa shape index (κ1) is 18.2. The van der Waals surface area contributed by atoms with Crippen molar-refractivity contribution in [2.75, 3.05) is 6.54 Å². The summed E-state index contributed by atoms with van der Waals surface area (Å²) in [4.78, 5) is 16.6. The van der Waals surface area contributed by atoms with E-state index in [4.69, 9.17) is 11.6 Å². The maximum absolute atomic E-state index is 12.5. The Labute approximate surface area is 166 Å². The van der Waals surface area contributed by atoms with Gasteiger partial charge in [0, 0.05) is 23.2 Å². The van der Waals surface area contributed by atoms with Gasteiger partial charge in [-0.05, 0) is 53.1 Å². The van der Waals surface area contributed by atoms with E-state index >= 15 is 0 Å². The molecule has 4 aromatic rings. The monoisotopic (exact) mass is 392 g/mol. The van der Waals surface area contributed by atoms with E-state index < -0.39 is 6.10 Å². The summed E-state index contributed by atoms with van der Waals surface area (Å²) in [5.41, 5.74) is 3.76. The zero-order valence-electron chi connectivity index (χ0n) is 14.8. The third-order valence-electron chi connectivity index (χ3n) is 4.48. The molecular formula is C21H17ClN4O2. The van der Waals surface area contributed by atoms with Crippen molar-refractivity contribution in [1.82, 2.24) is 20.5 Å². The van der Waals surface area contributed by atoms with Crippen LogP contribution < -0.4 is 5.32 Å². The van der Waals surface area contributed by atoms with Crippen LogP contribution in [0.2, 0.25) is 5.02 Å². The van der Waals surface area contributed by atoms with Crippen LogP contribution in [-0.2, 0) is 0 Å². The number of H-pyrrole nitrogens is 1. The number of benzene rings is 2. The Morgan fingerprint density at radius 3 is 2.71 bits per heavy atom. The number of hydrogen-bond acceptors (Lipinski definition) is 4. The zero-order chi connectivity index (χ0) is 19.5. The molecule has 28 heavy (non-hydrogen) atoms. The molecule has 6 nitrogen and oxygen atoms in total. The van der Waals surface area contributed by atoms with Gasteiger partial charge in [0.15, 0.2) is 0 Å². The highest BCUT2D eigenvalue weighted by Crippen LogP contribution is 2.23. The molecule has 1 amide bonds. The van der Waals surface area contributed by atoms with Gasteiger partial charge in [-0.2, -0.15) is 5.10 Å². The van der Waals surface area contributed by atoms with Crippen molar-refractivity contribution in [2.24, 2.45) is 0 Å². The van der Waals surface area contributed by atoms with Crippen LogP contribution in [0.15, 0.2) is 67.0 Å². The number of hydrogen-bond donors (Lipinski definition) is 3. The maximum atomic E-state index is 12.5. The third kappa shape index (κ3) is 3.88. The van der Waals surface area contributed by atoms with Gasteiger partial charge in [0.05, 0.1) is 17.8 Å². The van der Waals surface area contributed by atoms with E-state index in [1.165, 1.54) is 0 Å². The van der Waals surface area contributed by atoms with Gasteiger partial charge in [-0.25, -0.2) is 0 Å². The van der Waals surface area contributed by atoms with Gasteiger partial charge in [-0.1, -0.05) is 29.8 Å². The van der Waals surface area contributed by atoms with Crippen LogP contribution in [-0.4, -0.2) is 32.7 Å². The molecule has 1 atom stereocenters. The molecule has 2 aromatic heterocycles. The lowest BCUT2D eigenvalue weighted by molar-refractivity contribution is 0.0911.